The van der Waals surface area contributed by atoms with Crippen LogP contribution in [0.5, 0.6) is 0 Å². The molecule has 4 aromatic rings. The van der Waals surface area contributed by atoms with Crippen LogP contribution in [0.15, 0.2) is 60.2 Å². The summed E-state index contributed by atoms with van der Waals surface area (Å²) in [7, 11) is 0. The van der Waals surface area contributed by atoms with Crippen molar-refractivity contribution in [2.75, 3.05) is 0 Å². The first-order chi connectivity index (χ1) is 14.8. The van der Waals surface area contributed by atoms with E-state index >= 15 is 0 Å². The molecule has 0 aliphatic heterocycles. The standard InChI is InChI=1S/C28H26N2/c1-3-9-16-15-21-23-22(16)26-27(28(21,23)14-4-2)30-25-20-13-8-6-11-18(20)17-10-5-7-12-19(17)24(25)29-26/h5-8,10-13,15,21-23H,3-4,9,14H2,1-2H3. The first-order valence-electron chi connectivity index (χ1n) is 11.6. The maximum absolute atomic E-state index is 5.49. The molecular formula is C28H26N2. The van der Waals surface area contributed by atoms with Crippen molar-refractivity contribution in [2.45, 2.75) is 50.9 Å². The average Bonchev–Trinajstić information content (AvgIpc) is 3.11. The van der Waals surface area contributed by atoms with E-state index in [1.165, 1.54) is 58.6 Å². The minimum Gasteiger partial charge on any atom is -0.248 e. The zero-order chi connectivity index (χ0) is 20.0. The minimum atomic E-state index is 0.264. The third-order valence-corrected chi connectivity index (χ3v) is 8.13. The molecule has 2 heteroatoms. The lowest BCUT2D eigenvalue weighted by atomic mass is 9.90. The van der Waals surface area contributed by atoms with E-state index in [9.17, 15) is 0 Å². The fourth-order valence-electron chi connectivity index (χ4n) is 7.11. The quantitative estimate of drug-likeness (QED) is 0.275. The summed E-state index contributed by atoms with van der Waals surface area (Å²) in [6.45, 7) is 4.62. The summed E-state index contributed by atoms with van der Waals surface area (Å²) in [5.41, 5.74) is 6.73. The number of allylic oxidation sites excluding steroid dienone is 2. The van der Waals surface area contributed by atoms with Gasteiger partial charge in [-0.3, -0.25) is 0 Å². The molecule has 1 fully saturated rings. The van der Waals surface area contributed by atoms with Gasteiger partial charge >= 0.3 is 0 Å². The number of hydrogen-bond donors (Lipinski definition) is 0. The Kier molecular flexibility index (Phi) is 3.22. The van der Waals surface area contributed by atoms with Gasteiger partial charge in [-0.15, -0.1) is 0 Å². The monoisotopic (exact) mass is 390 g/mol. The second-order valence-electron chi connectivity index (χ2n) is 9.56. The van der Waals surface area contributed by atoms with Gasteiger partial charge in [0.15, 0.2) is 0 Å². The van der Waals surface area contributed by atoms with E-state index in [-0.39, 0.29) is 5.41 Å². The second-order valence-corrected chi connectivity index (χ2v) is 9.56. The molecule has 2 nitrogen and oxygen atoms in total. The Labute approximate surface area is 177 Å². The van der Waals surface area contributed by atoms with Crippen molar-refractivity contribution < 1.29 is 0 Å². The highest BCUT2D eigenvalue weighted by Gasteiger charge is 2.75. The van der Waals surface area contributed by atoms with E-state index in [1.54, 1.807) is 5.57 Å². The van der Waals surface area contributed by atoms with Crippen LogP contribution in [-0.4, -0.2) is 9.97 Å². The Bertz CT molecular complexity index is 1400. The lowest BCUT2D eigenvalue weighted by molar-refractivity contribution is 0.530. The molecule has 30 heavy (non-hydrogen) atoms. The fourth-order valence-corrected chi connectivity index (χ4v) is 7.11. The maximum atomic E-state index is 5.49. The lowest BCUT2D eigenvalue weighted by Gasteiger charge is -2.17. The van der Waals surface area contributed by atoms with E-state index in [2.05, 4.69) is 68.5 Å². The van der Waals surface area contributed by atoms with Crippen LogP contribution in [0.3, 0.4) is 0 Å². The number of benzene rings is 3. The highest BCUT2D eigenvalue weighted by Crippen LogP contribution is 2.78. The number of hydrogen-bond acceptors (Lipinski definition) is 2. The Morgan fingerprint density at radius 3 is 2.07 bits per heavy atom. The van der Waals surface area contributed by atoms with Gasteiger partial charge in [0.2, 0.25) is 0 Å². The average molecular weight is 391 g/mol. The van der Waals surface area contributed by atoms with Gasteiger partial charge in [0, 0.05) is 22.1 Å². The Balaban J connectivity index is 1.60. The first-order valence-corrected chi connectivity index (χ1v) is 11.6. The molecule has 3 aliphatic rings. The van der Waals surface area contributed by atoms with Gasteiger partial charge in [-0.2, -0.15) is 0 Å². The third-order valence-electron chi connectivity index (χ3n) is 8.13. The summed E-state index contributed by atoms with van der Waals surface area (Å²) in [6.07, 6.45) is 7.50. The van der Waals surface area contributed by atoms with Crippen molar-refractivity contribution in [2.24, 2.45) is 11.8 Å². The predicted octanol–water partition coefficient (Wildman–Crippen LogP) is 7.06. The molecule has 148 valence electrons. The number of rotatable bonds is 4. The number of aromatic nitrogens is 2. The van der Waals surface area contributed by atoms with Crippen LogP contribution < -0.4 is 0 Å². The largest absolute Gasteiger partial charge is 0.248 e. The van der Waals surface area contributed by atoms with Crippen LogP contribution in [0.4, 0.5) is 0 Å². The summed E-state index contributed by atoms with van der Waals surface area (Å²) in [4.78, 5) is 10.9. The lowest BCUT2D eigenvalue weighted by Crippen LogP contribution is -2.13. The van der Waals surface area contributed by atoms with Crippen LogP contribution in [0, 0.1) is 11.8 Å². The van der Waals surface area contributed by atoms with Crippen molar-refractivity contribution in [3.05, 3.63) is 71.6 Å². The molecule has 4 unspecified atom stereocenters. The third kappa shape index (κ3) is 1.82. The SMILES string of the molecule is CCCC1=CC2C3C1c1nc4c5ccccc5c5ccccc5c4nc1C23CCC. The molecular weight excluding hydrogens is 364 g/mol. The number of nitrogens with zero attached hydrogens (tertiary/aromatic N) is 2. The van der Waals surface area contributed by atoms with E-state index in [0.29, 0.717) is 11.8 Å². The smallest absolute Gasteiger partial charge is 0.0975 e. The number of fused-ring (bicyclic) bond motifs is 10. The summed E-state index contributed by atoms with van der Waals surface area (Å²) in [5.74, 6) is 1.94. The van der Waals surface area contributed by atoms with Gasteiger partial charge in [-0.1, -0.05) is 86.9 Å². The Hall–Kier alpha value is -2.74. The van der Waals surface area contributed by atoms with Gasteiger partial charge in [0.1, 0.15) is 0 Å². The van der Waals surface area contributed by atoms with Crippen molar-refractivity contribution >= 4 is 32.6 Å². The van der Waals surface area contributed by atoms with Crippen LogP contribution in [0.2, 0.25) is 0 Å². The second kappa shape index (κ2) is 5.69. The van der Waals surface area contributed by atoms with E-state index in [0.717, 1.165) is 17.0 Å². The molecule has 1 aromatic heterocycles. The van der Waals surface area contributed by atoms with Crippen molar-refractivity contribution in [3.8, 4) is 0 Å². The highest BCUT2D eigenvalue weighted by molar-refractivity contribution is 6.23. The van der Waals surface area contributed by atoms with Gasteiger partial charge < -0.3 is 0 Å². The van der Waals surface area contributed by atoms with E-state index in [1.807, 2.05) is 0 Å². The molecule has 3 aromatic carbocycles. The van der Waals surface area contributed by atoms with Crippen molar-refractivity contribution in [1.29, 1.82) is 0 Å². The zero-order valence-electron chi connectivity index (χ0n) is 17.7. The molecule has 0 spiro atoms. The van der Waals surface area contributed by atoms with E-state index in [4.69, 9.17) is 9.97 Å². The molecule has 0 bridgehead atoms. The summed E-state index contributed by atoms with van der Waals surface area (Å²) in [5, 5.41) is 5.06. The molecule has 1 saturated carbocycles. The maximum Gasteiger partial charge on any atom is 0.0975 e. The molecule has 0 saturated heterocycles. The van der Waals surface area contributed by atoms with Gasteiger partial charge in [0.25, 0.3) is 0 Å². The van der Waals surface area contributed by atoms with Crippen LogP contribution >= 0.6 is 0 Å². The molecule has 4 atom stereocenters. The predicted molar refractivity (Wildman–Crippen MR) is 124 cm³/mol. The Morgan fingerprint density at radius 2 is 1.43 bits per heavy atom. The molecule has 0 N–H and O–H groups in total. The molecule has 0 amide bonds. The van der Waals surface area contributed by atoms with Gasteiger partial charge in [-0.05, 0) is 35.4 Å². The molecule has 0 radical (unpaired) electrons. The van der Waals surface area contributed by atoms with Gasteiger partial charge in [0.05, 0.1) is 22.4 Å². The topological polar surface area (TPSA) is 25.8 Å². The summed E-state index contributed by atoms with van der Waals surface area (Å²) >= 11 is 0. The first kappa shape index (κ1) is 17.0. The molecule has 7 rings (SSSR count). The van der Waals surface area contributed by atoms with Crippen molar-refractivity contribution in [1.82, 2.24) is 9.97 Å². The summed E-state index contributed by atoms with van der Waals surface area (Å²) < 4.78 is 0. The highest BCUT2D eigenvalue weighted by atomic mass is 15.0. The van der Waals surface area contributed by atoms with E-state index < -0.39 is 0 Å². The van der Waals surface area contributed by atoms with Crippen LogP contribution in [0.25, 0.3) is 32.6 Å². The minimum absolute atomic E-state index is 0.264. The Morgan fingerprint density at radius 1 is 0.800 bits per heavy atom. The van der Waals surface area contributed by atoms with Gasteiger partial charge in [-0.25, -0.2) is 9.97 Å². The zero-order valence-corrected chi connectivity index (χ0v) is 17.7. The van der Waals surface area contributed by atoms with Crippen LogP contribution in [0.1, 0.15) is 56.8 Å². The fraction of sp³-hybridized carbons (Fsp3) is 0.357. The molecule has 1 heterocycles. The normalized spacial score (nSPS) is 28.2. The van der Waals surface area contributed by atoms with Crippen molar-refractivity contribution in [3.63, 3.8) is 0 Å². The van der Waals surface area contributed by atoms with Crippen LogP contribution in [-0.2, 0) is 5.41 Å². The molecule has 3 aliphatic carbocycles. The summed E-state index contributed by atoms with van der Waals surface area (Å²) in [6, 6.07) is 17.5.